The van der Waals surface area contributed by atoms with Gasteiger partial charge < -0.3 is 5.32 Å². The molecule has 1 N–H and O–H groups in total. The Morgan fingerprint density at radius 1 is 1.16 bits per heavy atom. The van der Waals surface area contributed by atoms with E-state index in [1.54, 1.807) is 0 Å². The van der Waals surface area contributed by atoms with Gasteiger partial charge in [-0.15, -0.1) is 0 Å². The molecule has 19 heavy (non-hydrogen) atoms. The lowest BCUT2D eigenvalue weighted by molar-refractivity contribution is 0.976. The van der Waals surface area contributed by atoms with E-state index < -0.39 is 0 Å². The van der Waals surface area contributed by atoms with Crippen LogP contribution in [0.3, 0.4) is 0 Å². The second kappa shape index (κ2) is 5.77. The summed E-state index contributed by atoms with van der Waals surface area (Å²) < 4.78 is 0. The Labute approximate surface area is 118 Å². The van der Waals surface area contributed by atoms with E-state index >= 15 is 0 Å². The van der Waals surface area contributed by atoms with Gasteiger partial charge in [-0.1, -0.05) is 35.9 Å². The van der Waals surface area contributed by atoms with Crippen molar-refractivity contribution in [1.82, 2.24) is 0 Å². The number of nitrogens with one attached hydrogen (secondary N) is 1. The molecular weight excluding hydrogens is 256 g/mol. The van der Waals surface area contributed by atoms with Gasteiger partial charge in [0.25, 0.3) is 0 Å². The molecule has 1 unspecified atom stereocenters. The molecule has 0 bridgehead atoms. The van der Waals surface area contributed by atoms with Crippen LogP contribution in [0.1, 0.15) is 22.7 Å². The summed E-state index contributed by atoms with van der Waals surface area (Å²) in [6.45, 7) is 4.08. The van der Waals surface area contributed by atoms with Crippen LogP contribution in [0, 0.1) is 25.2 Å². The number of aryl methyl sites for hydroxylation is 1. The van der Waals surface area contributed by atoms with Crippen LogP contribution in [0.25, 0.3) is 0 Å². The minimum atomic E-state index is -0.377. The molecular formula is C16H15ClN2. The van der Waals surface area contributed by atoms with Gasteiger partial charge in [-0.3, -0.25) is 0 Å². The zero-order valence-corrected chi connectivity index (χ0v) is 11.7. The van der Waals surface area contributed by atoms with Crippen molar-refractivity contribution in [3.05, 3.63) is 64.2 Å². The van der Waals surface area contributed by atoms with Gasteiger partial charge in [0.15, 0.2) is 0 Å². The van der Waals surface area contributed by atoms with Crippen molar-refractivity contribution < 1.29 is 0 Å². The van der Waals surface area contributed by atoms with Gasteiger partial charge in [0, 0.05) is 10.7 Å². The molecule has 0 heterocycles. The lowest BCUT2D eigenvalue weighted by Crippen LogP contribution is -2.10. The predicted molar refractivity (Wildman–Crippen MR) is 79.3 cm³/mol. The highest BCUT2D eigenvalue weighted by Crippen LogP contribution is 2.25. The Morgan fingerprint density at radius 2 is 1.89 bits per heavy atom. The summed E-state index contributed by atoms with van der Waals surface area (Å²) in [6.07, 6.45) is 0. The number of rotatable bonds is 3. The molecule has 0 spiro atoms. The summed E-state index contributed by atoms with van der Waals surface area (Å²) in [5.74, 6) is 0. The van der Waals surface area contributed by atoms with Crippen molar-refractivity contribution in [3.63, 3.8) is 0 Å². The van der Waals surface area contributed by atoms with Gasteiger partial charge in [0.1, 0.15) is 6.04 Å². The van der Waals surface area contributed by atoms with E-state index in [1.807, 2.05) is 56.3 Å². The SMILES string of the molecule is Cc1cccc(C(C#N)Nc2cccc(Cl)c2)c1C. The van der Waals surface area contributed by atoms with Gasteiger partial charge in [-0.05, 0) is 48.7 Å². The Morgan fingerprint density at radius 3 is 2.58 bits per heavy atom. The summed E-state index contributed by atoms with van der Waals surface area (Å²) in [4.78, 5) is 0. The fourth-order valence-electron chi connectivity index (χ4n) is 2.01. The number of nitriles is 1. The molecule has 2 rings (SSSR count). The third kappa shape index (κ3) is 3.07. The second-order valence-electron chi connectivity index (χ2n) is 4.51. The lowest BCUT2D eigenvalue weighted by atomic mass is 9.98. The molecule has 3 heteroatoms. The van der Waals surface area contributed by atoms with Crippen LogP contribution in [0.5, 0.6) is 0 Å². The van der Waals surface area contributed by atoms with E-state index in [4.69, 9.17) is 11.6 Å². The second-order valence-corrected chi connectivity index (χ2v) is 4.94. The summed E-state index contributed by atoms with van der Waals surface area (Å²) >= 11 is 5.95. The topological polar surface area (TPSA) is 35.8 Å². The third-order valence-corrected chi connectivity index (χ3v) is 3.46. The number of halogens is 1. The van der Waals surface area contributed by atoms with Crippen LogP contribution in [0.15, 0.2) is 42.5 Å². The predicted octanol–water partition coefficient (Wildman–Crippen LogP) is 4.63. The highest BCUT2D eigenvalue weighted by Gasteiger charge is 2.13. The monoisotopic (exact) mass is 270 g/mol. The molecule has 0 saturated carbocycles. The summed E-state index contributed by atoms with van der Waals surface area (Å²) in [5.41, 5.74) is 4.18. The quantitative estimate of drug-likeness (QED) is 0.882. The van der Waals surface area contributed by atoms with Crippen LogP contribution in [0.4, 0.5) is 5.69 Å². The highest BCUT2D eigenvalue weighted by atomic mass is 35.5. The molecule has 96 valence electrons. The molecule has 0 amide bonds. The molecule has 1 atom stereocenters. The van der Waals surface area contributed by atoms with E-state index in [0.29, 0.717) is 5.02 Å². The summed E-state index contributed by atoms with van der Waals surface area (Å²) in [5, 5.41) is 13.2. The van der Waals surface area contributed by atoms with Crippen LogP contribution in [-0.4, -0.2) is 0 Å². The van der Waals surface area contributed by atoms with Crippen molar-refractivity contribution in [2.24, 2.45) is 0 Å². The molecule has 2 aromatic carbocycles. The molecule has 0 fully saturated rings. The average Bonchev–Trinajstić information content (AvgIpc) is 2.40. The molecule has 0 aliphatic rings. The Balaban J connectivity index is 2.31. The van der Waals surface area contributed by atoms with Gasteiger partial charge in [-0.2, -0.15) is 5.26 Å². The first-order valence-corrected chi connectivity index (χ1v) is 6.47. The van der Waals surface area contributed by atoms with Crippen molar-refractivity contribution in [2.45, 2.75) is 19.9 Å². The summed E-state index contributed by atoms with van der Waals surface area (Å²) in [7, 11) is 0. The van der Waals surface area contributed by atoms with Crippen molar-refractivity contribution in [2.75, 3.05) is 5.32 Å². The first-order chi connectivity index (χ1) is 9.11. The minimum absolute atomic E-state index is 0.377. The maximum Gasteiger partial charge on any atom is 0.140 e. The highest BCUT2D eigenvalue weighted by molar-refractivity contribution is 6.30. The van der Waals surface area contributed by atoms with Crippen LogP contribution < -0.4 is 5.32 Å². The van der Waals surface area contributed by atoms with Crippen molar-refractivity contribution >= 4 is 17.3 Å². The van der Waals surface area contributed by atoms with Crippen molar-refractivity contribution in [1.29, 1.82) is 5.26 Å². The Bertz CT molecular complexity index is 629. The Kier molecular flexibility index (Phi) is 4.09. The van der Waals surface area contributed by atoms with E-state index in [1.165, 1.54) is 5.56 Å². The normalized spacial score (nSPS) is 11.7. The van der Waals surface area contributed by atoms with Crippen molar-refractivity contribution in [3.8, 4) is 6.07 Å². The number of hydrogen-bond donors (Lipinski definition) is 1. The average molecular weight is 271 g/mol. The molecule has 0 aliphatic carbocycles. The standard InChI is InChI=1S/C16H15ClN2/c1-11-5-3-8-15(12(11)2)16(10-18)19-14-7-4-6-13(17)9-14/h3-9,16,19H,1-2H3. The number of nitrogens with zero attached hydrogens (tertiary/aromatic N) is 1. The maximum absolute atomic E-state index is 9.38. The van der Waals surface area contributed by atoms with Gasteiger partial charge in [-0.25, -0.2) is 0 Å². The molecule has 2 nitrogen and oxygen atoms in total. The Hall–Kier alpha value is -1.98. The zero-order chi connectivity index (χ0) is 13.8. The first-order valence-electron chi connectivity index (χ1n) is 6.09. The molecule has 0 saturated heterocycles. The summed E-state index contributed by atoms with van der Waals surface area (Å²) in [6, 6.07) is 15.3. The fraction of sp³-hybridized carbons (Fsp3) is 0.188. The van der Waals surface area contributed by atoms with E-state index in [0.717, 1.165) is 16.8 Å². The van der Waals surface area contributed by atoms with Gasteiger partial charge >= 0.3 is 0 Å². The minimum Gasteiger partial charge on any atom is -0.366 e. The molecule has 0 aliphatic heterocycles. The molecule has 2 aromatic rings. The van der Waals surface area contributed by atoms with Gasteiger partial charge in [0.05, 0.1) is 6.07 Å². The van der Waals surface area contributed by atoms with Crippen LogP contribution in [-0.2, 0) is 0 Å². The van der Waals surface area contributed by atoms with Gasteiger partial charge in [0.2, 0.25) is 0 Å². The van der Waals surface area contributed by atoms with E-state index in [9.17, 15) is 5.26 Å². The maximum atomic E-state index is 9.38. The number of hydrogen-bond acceptors (Lipinski definition) is 2. The lowest BCUT2D eigenvalue weighted by Gasteiger charge is -2.17. The smallest absolute Gasteiger partial charge is 0.140 e. The van der Waals surface area contributed by atoms with Crippen LogP contribution >= 0.6 is 11.6 Å². The van der Waals surface area contributed by atoms with Crippen LogP contribution in [0.2, 0.25) is 5.02 Å². The van der Waals surface area contributed by atoms with E-state index in [-0.39, 0.29) is 6.04 Å². The zero-order valence-electron chi connectivity index (χ0n) is 10.9. The number of anilines is 1. The largest absolute Gasteiger partial charge is 0.366 e. The first kappa shape index (κ1) is 13.5. The number of benzene rings is 2. The molecule has 0 aromatic heterocycles. The fourth-order valence-corrected chi connectivity index (χ4v) is 2.20. The third-order valence-electron chi connectivity index (χ3n) is 3.22. The van der Waals surface area contributed by atoms with E-state index in [2.05, 4.69) is 11.4 Å². The molecule has 0 radical (unpaired) electrons.